The smallest absolute Gasteiger partial charge is 0.251 e. The molecule has 1 N–H and O–H groups in total. The molecule has 0 fully saturated rings. The normalized spacial score (nSPS) is 10.9. The van der Waals surface area contributed by atoms with E-state index in [1.54, 1.807) is 25.1 Å². The van der Waals surface area contributed by atoms with Crippen molar-refractivity contribution in [1.82, 2.24) is 19.9 Å². The van der Waals surface area contributed by atoms with Crippen molar-refractivity contribution in [3.63, 3.8) is 0 Å². The van der Waals surface area contributed by atoms with Gasteiger partial charge in [0.1, 0.15) is 11.3 Å². The molecular formula is C29H26N4O2S. The van der Waals surface area contributed by atoms with Gasteiger partial charge in [-0.1, -0.05) is 66.4 Å². The maximum Gasteiger partial charge on any atom is 0.251 e. The van der Waals surface area contributed by atoms with Crippen molar-refractivity contribution in [3.8, 4) is 5.75 Å². The van der Waals surface area contributed by atoms with Crippen LogP contribution in [0.15, 0.2) is 102 Å². The van der Waals surface area contributed by atoms with Gasteiger partial charge >= 0.3 is 0 Å². The predicted molar refractivity (Wildman–Crippen MR) is 143 cm³/mol. The summed E-state index contributed by atoms with van der Waals surface area (Å²) >= 11 is 1.70. The Balaban J connectivity index is 1.27. The first kappa shape index (κ1) is 23.6. The van der Waals surface area contributed by atoms with Crippen LogP contribution in [0.25, 0.3) is 11.2 Å². The topological polar surface area (TPSA) is 69.0 Å². The molecule has 36 heavy (non-hydrogen) atoms. The number of thioether (sulfide) groups is 1. The lowest BCUT2D eigenvalue weighted by Crippen LogP contribution is -2.22. The summed E-state index contributed by atoms with van der Waals surface area (Å²) in [6.45, 7) is 1.08. The second kappa shape index (κ2) is 11.1. The van der Waals surface area contributed by atoms with Crippen LogP contribution < -0.4 is 10.1 Å². The van der Waals surface area contributed by atoms with Gasteiger partial charge in [-0.05, 0) is 53.1 Å². The Bertz CT molecular complexity index is 1450. The number of hydrogen-bond acceptors (Lipinski definition) is 5. The van der Waals surface area contributed by atoms with Gasteiger partial charge in [0.25, 0.3) is 5.91 Å². The highest BCUT2D eigenvalue weighted by atomic mass is 32.2. The lowest BCUT2D eigenvalue weighted by molar-refractivity contribution is 0.0951. The van der Waals surface area contributed by atoms with Gasteiger partial charge < -0.3 is 10.1 Å². The van der Waals surface area contributed by atoms with Crippen molar-refractivity contribution >= 4 is 28.8 Å². The molecule has 0 atom stereocenters. The zero-order valence-corrected chi connectivity index (χ0v) is 20.7. The predicted octanol–water partition coefficient (Wildman–Crippen LogP) is 5.71. The third kappa shape index (κ3) is 5.58. The fourth-order valence-electron chi connectivity index (χ4n) is 3.88. The molecular weight excluding hydrogens is 468 g/mol. The van der Waals surface area contributed by atoms with Crippen molar-refractivity contribution < 1.29 is 9.53 Å². The number of pyridine rings is 1. The minimum absolute atomic E-state index is 0.105. The number of aromatic nitrogens is 3. The molecule has 0 saturated carbocycles. The molecule has 0 radical (unpaired) electrons. The molecule has 0 aliphatic carbocycles. The van der Waals surface area contributed by atoms with E-state index in [1.165, 1.54) is 5.56 Å². The maximum absolute atomic E-state index is 12.7. The zero-order chi connectivity index (χ0) is 24.7. The number of fused-ring (bicyclic) bond motifs is 1. The SMILES string of the molecule is COc1ccc(CNC(=O)c2ccc(Cn3c(SCc4ccccc4)nc4cccnc43)cc2)cc1. The Labute approximate surface area is 214 Å². The van der Waals surface area contributed by atoms with E-state index in [0.29, 0.717) is 18.7 Å². The Morgan fingerprint density at radius 3 is 2.39 bits per heavy atom. The molecule has 0 saturated heterocycles. The molecule has 7 heteroatoms. The van der Waals surface area contributed by atoms with E-state index >= 15 is 0 Å². The van der Waals surface area contributed by atoms with E-state index in [2.05, 4.69) is 39.1 Å². The van der Waals surface area contributed by atoms with E-state index in [1.807, 2.05) is 66.7 Å². The van der Waals surface area contributed by atoms with Crippen LogP contribution in [0.1, 0.15) is 27.0 Å². The first-order chi connectivity index (χ1) is 17.7. The highest BCUT2D eigenvalue weighted by Crippen LogP contribution is 2.27. The summed E-state index contributed by atoms with van der Waals surface area (Å²) in [5, 5.41) is 3.90. The van der Waals surface area contributed by atoms with Crippen LogP contribution in [-0.2, 0) is 18.8 Å². The lowest BCUT2D eigenvalue weighted by atomic mass is 10.1. The third-order valence-corrected chi connectivity index (χ3v) is 6.90. The minimum atomic E-state index is -0.105. The zero-order valence-electron chi connectivity index (χ0n) is 19.9. The van der Waals surface area contributed by atoms with Crippen LogP contribution in [0, 0.1) is 0 Å². The average Bonchev–Trinajstić information content (AvgIpc) is 3.29. The van der Waals surface area contributed by atoms with Crippen LogP contribution in [0.5, 0.6) is 5.75 Å². The van der Waals surface area contributed by atoms with Crippen LogP contribution in [-0.4, -0.2) is 27.6 Å². The number of carbonyl (C=O) groups excluding carboxylic acids is 1. The summed E-state index contributed by atoms with van der Waals surface area (Å²) in [6.07, 6.45) is 1.79. The quantitative estimate of drug-likeness (QED) is 0.266. The Kier molecular flexibility index (Phi) is 7.28. The summed E-state index contributed by atoms with van der Waals surface area (Å²) in [6, 6.07) is 29.6. The van der Waals surface area contributed by atoms with Crippen molar-refractivity contribution in [1.29, 1.82) is 0 Å². The highest BCUT2D eigenvalue weighted by molar-refractivity contribution is 7.98. The fourth-order valence-corrected chi connectivity index (χ4v) is 4.84. The molecule has 2 heterocycles. The molecule has 0 unspecified atom stereocenters. The van der Waals surface area contributed by atoms with E-state index < -0.39 is 0 Å². The van der Waals surface area contributed by atoms with Gasteiger partial charge in [-0.25, -0.2) is 9.97 Å². The Morgan fingerprint density at radius 2 is 1.64 bits per heavy atom. The number of imidazole rings is 1. The van der Waals surface area contributed by atoms with Crippen molar-refractivity contribution in [2.24, 2.45) is 0 Å². The molecule has 0 aliphatic rings. The second-order valence-corrected chi connectivity index (χ2v) is 9.27. The first-order valence-corrected chi connectivity index (χ1v) is 12.7. The maximum atomic E-state index is 12.7. The number of hydrogen-bond donors (Lipinski definition) is 1. The monoisotopic (exact) mass is 494 g/mol. The van der Waals surface area contributed by atoms with Crippen LogP contribution in [0.4, 0.5) is 0 Å². The van der Waals surface area contributed by atoms with E-state index in [9.17, 15) is 4.79 Å². The summed E-state index contributed by atoms with van der Waals surface area (Å²) < 4.78 is 7.32. The molecule has 1 amide bonds. The number of rotatable bonds is 9. The molecule has 3 aromatic carbocycles. The molecule has 2 aromatic heterocycles. The minimum Gasteiger partial charge on any atom is -0.497 e. The van der Waals surface area contributed by atoms with E-state index in [-0.39, 0.29) is 5.91 Å². The third-order valence-electron chi connectivity index (χ3n) is 5.85. The summed E-state index contributed by atoms with van der Waals surface area (Å²) in [7, 11) is 1.64. The van der Waals surface area contributed by atoms with Crippen LogP contribution >= 0.6 is 11.8 Å². The van der Waals surface area contributed by atoms with Gasteiger partial charge in [0, 0.05) is 24.1 Å². The molecule has 0 spiro atoms. The van der Waals surface area contributed by atoms with Gasteiger partial charge in [-0.3, -0.25) is 9.36 Å². The number of nitrogens with zero attached hydrogens (tertiary/aromatic N) is 3. The van der Waals surface area contributed by atoms with Crippen molar-refractivity contribution in [3.05, 3.63) is 119 Å². The number of nitrogens with one attached hydrogen (secondary N) is 1. The molecule has 5 rings (SSSR count). The van der Waals surface area contributed by atoms with Crippen molar-refractivity contribution in [2.45, 2.75) is 24.0 Å². The molecule has 0 bridgehead atoms. The largest absolute Gasteiger partial charge is 0.497 e. The van der Waals surface area contributed by atoms with Gasteiger partial charge in [0.15, 0.2) is 10.8 Å². The number of methoxy groups -OCH3 is 1. The first-order valence-electron chi connectivity index (χ1n) is 11.7. The molecule has 6 nitrogen and oxygen atoms in total. The Hall–Kier alpha value is -4.10. The van der Waals surface area contributed by atoms with Gasteiger partial charge in [0.05, 0.1) is 13.7 Å². The summed E-state index contributed by atoms with van der Waals surface area (Å²) in [5.41, 5.74) is 5.70. The van der Waals surface area contributed by atoms with Crippen molar-refractivity contribution in [2.75, 3.05) is 7.11 Å². The van der Waals surface area contributed by atoms with Gasteiger partial charge in [0.2, 0.25) is 0 Å². The lowest BCUT2D eigenvalue weighted by Gasteiger charge is -2.10. The van der Waals surface area contributed by atoms with Gasteiger partial charge in [-0.15, -0.1) is 0 Å². The number of ether oxygens (including phenoxy) is 1. The number of carbonyl (C=O) groups is 1. The van der Waals surface area contributed by atoms with Crippen LogP contribution in [0.2, 0.25) is 0 Å². The molecule has 5 aromatic rings. The molecule has 180 valence electrons. The Morgan fingerprint density at radius 1 is 0.889 bits per heavy atom. The van der Waals surface area contributed by atoms with Crippen LogP contribution in [0.3, 0.4) is 0 Å². The fraction of sp³-hybridized carbons (Fsp3) is 0.138. The number of benzene rings is 3. The standard InChI is InChI=1S/C29H26N4O2S/c1-35-25-15-11-21(12-16-25)18-31-28(34)24-13-9-22(10-14-24)19-33-27-26(8-5-17-30-27)32-29(33)36-20-23-6-3-2-4-7-23/h2-17H,18-20H2,1H3,(H,31,34). The molecule has 0 aliphatic heterocycles. The van der Waals surface area contributed by atoms with Gasteiger partial charge in [-0.2, -0.15) is 0 Å². The summed E-state index contributed by atoms with van der Waals surface area (Å²) in [5.74, 6) is 1.52. The van der Waals surface area contributed by atoms with E-state index in [0.717, 1.165) is 38.9 Å². The number of amides is 1. The highest BCUT2D eigenvalue weighted by Gasteiger charge is 2.13. The van der Waals surface area contributed by atoms with E-state index in [4.69, 9.17) is 9.72 Å². The summed E-state index contributed by atoms with van der Waals surface area (Å²) in [4.78, 5) is 22.1. The average molecular weight is 495 g/mol. The second-order valence-electron chi connectivity index (χ2n) is 8.33.